The van der Waals surface area contributed by atoms with E-state index in [1.165, 1.54) is 270 Å². The van der Waals surface area contributed by atoms with Gasteiger partial charge in [-0.25, -0.2) is 9.13 Å². The van der Waals surface area contributed by atoms with E-state index >= 15 is 0 Å². The molecule has 0 aromatic carbocycles. The molecule has 3 N–H and O–H groups in total. The van der Waals surface area contributed by atoms with Crippen LogP contribution in [0.5, 0.6) is 0 Å². The topological polar surface area (TPSA) is 237 Å². The van der Waals surface area contributed by atoms with Crippen molar-refractivity contribution < 1.29 is 80.2 Å². The van der Waals surface area contributed by atoms with Crippen LogP contribution >= 0.6 is 15.6 Å². The van der Waals surface area contributed by atoms with Crippen molar-refractivity contribution in [1.29, 1.82) is 0 Å². The third kappa shape index (κ3) is 76.3. The fraction of sp³-hybridized carbons (Fsp3) is 0.952. The lowest BCUT2D eigenvalue weighted by Crippen LogP contribution is -2.30. The molecule has 17 nitrogen and oxygen atoms in total. The van der Waals surface area contributed by atoms with E-state index in [-0.39, 0.29) is 25.7 Å². The molecule has 0 amide bonds. The van der Waals surface area contributed by atoms with E-state index in [4.69, 9.17) is 37.0 Å². The van der Waals surface area contributed by atoms with Crippen LogP contribution in [0.4, 0.5) is 0 Å². The predicted molar refractivity (Wildman–Crippen MR) is 418 cm³/mol. The smallest absolute Gasteiger partial charge is 0.462 e. The van der Waals surface area contributed by atoms with Crippen molar-refractivity contribution in [1.82, 2.24) is 0 Å². The van der Waals surface area contributed by atoms with E-state index < -0.39 is 97.5 Å². The summed E-state index contributed by atoms with van der Waals surface area (Å²) in [5, 5.41) is 10.6. The van der Waals surface area contributed by atoms with Crippen LogP contribution in [0.25, 0.3) is 0 Å². The van der Waals surface area contributed by atoms with Gasteiger partial charge in [0, 0.05) is 25.7 Å². The summed E-state index contributed by atoms with van der Waals surface area (Å²) in [6.07, 6.45) is 68.0. The van der Waals surface area contributed by atoms with Crippen molar-refractivity contribution in [2.24, 2.45) is 5.92 Å². The molecule has 0 spiro atoms. The summed E-state index contributed by atoms with van der Waals surface area (Å²) in [4.78, 5) is 73.1. The van der Waals surface area contributed by atoms with Crippen LogP contribution in [0.1, 0.15) is 446 Å². The van der Waals surface area contributed by atoms with Gasteiger partial charge in [-0.3, -0.25) is 37.3 Å². The second kappa shape index (κ2) is 75.9. The zero-order valence-electron chi connectivity index (χ0n) is 66.8. The lowest BCUT2D eigenvalue weighted by atomic mass is 10.0. The Bertz CT molecular complexity index is 1940. The largest absolute Gasteiger partial charge is 0.472 e. The number of carbonyl (C=O) groups is 4. The van der Waals surface area contributed by atoms with Gasteiger partial charge in [-0.05, 0) is 31.6 Å². The number of hydrogen-bond donors (Lipinski definition) is 3. The zero-order valence-corrected chi connectivity index (χ0v) is 68.5. The number of phosphoric ester groups is 2. The van der Waals surface area contributed by atoms with Crippen LogP contribution < -0.4 is 0 Å². The number of unbranched alkanes of at least 4 members (excludes halogenated alkanes) is 55. The Labute approximate surface area is 626 Å². The maximum atomic E-state index is 13.1. The summed E-state index contributed by atoms with van der Waals surface area (Å²) < 4.78 is 68.8. The summed E-state index contributed by atoms with van der Waals surface area (Å²) in [7, 11) is -9.92. The van der Waals surface area contributed by atoms with Gasteiger partial charge in [0.15, 0.2) is 12.2 Å². The molecule has 0 saturated heterocycles. The van der Waals surface area contributed by atoms with Crippen LogP contribution in [0.15, 0.2) is 0 Å². The summed E-state index contributed by atoms with van der Waals surface area (Å²) in [6.45, 7) is 7.36. The molecule has 0 fully saturated rings. The van der Waals surface area contributed by atoms with Crippen LogP contribution in [-0.4, -0.2) is 96.7 Å². The molecule has 19 heteroatoms. The molecule has 0 aliphatic carbocycles. The average Bonchev–Trinajstić information content (AvgIpc) is 0.926. The van der Waals surface area contributed by atoms with Gasteiger partial charge in [0.25, 0.3) is 0 Å². The summed E-state index contributed by atoms with van der Waals surface area (Å²) >= 11 is 0. The molecule has 0 saturated carbocycles. The molecule has 2 unspecified atom stereocenters. The van der Waals surface area contributed by atoms with Gasteiger partial charge < -0.3 is 33.8 Å². The number of esters is 4. The Hall–Kier alpha value is -1.94. The Morgan fingerprint density at radius 3 is 0.667 bits per heavy atom. The summed E-state index contributed by atoms with van der Waals surface area (Å²) in [5.74, 6) is -1.30. The highest BCUT2D eigenvalue weighted by molar-refractivity contribution is 7.47. The fourth-order valence-electron chi connectivity index (χ4n) is 12.9. The first-order valence-electron chi connectivity index (χ1n) is 43.1. The van der Waals surface area contributed by atoms with Gasteiger partial charge in [-0.2, -0.15) is 0 Å². The van der Waals surface area contributed by atoms with Gasteiger partial charge in [-0.1, -0.05) is 394 Å². The molecule has 0 heterocycles. The fourth-order valence-corrected chi connectivity index (χ4v) is 14.5. The monoisotopic (exact) mass is 1490 g/mol. The second-order valence-electron chi connectivity index (χ2n) is 30.3. The Balaban J connectivity index is 5.21. The number of aliphatic hydroxyl groups excluding tert-OH is 1. The minimum absolute atomic E-state index is 0.108. The first kappa shape index (κ1) is 100. The highest BCUT2D eigenvalue weighted by Crippen LogP contribution is 2.45. The minimum Gasteiger partial charge on any atom is -0.462 e. The van der Waals surface area contributed by atoms with Gasteiger partial charge in [0.1, 0.15) is 19.3 Å². The second-order valence-corrected chi connectivity index (χ2v) is 33.3. The normalized spacial score (nSPS) is 13.8. The molecule has 0 aliphatic rings. The SMILES string of the molecule is CCCCCCCCCCCCCCCCCCCCCCCC(=O)O[C@H](COC(=O)CCCCCCCCCCCCCCCCCC(C)C)COP(=O)(O)OC[C@@H](O)COP(=O)(O)OC[C@@H](COC(=O)CCCCCCCCCCCC)OC(=O)CCCCCCCCCCCCCCC. The molecule has 0 rings (SSSR count). The van der Waals surface area contributed by atoms with Gasteiger partial charge >= 0.3 is 39.5 Å². The van der Waals surface area contributed by atoms with Gasteiger partial charge in [0.05, 0.1) is 26.4 Å². The van der Waals surface area contributed by atoms with Crippen LogP contribution in [0, 0.1) is 5.92 Å². The van der Waals surface area contributed by atoms with Gasteiger partial charge in [-0.15, -0.1) is 0 Å². The Morgan fingerprint density at radius 1 is 0.265 bits per heavy atom. The zero-order chi connectivity index (χ0) is 74.8. The molecular weight excluding hydrogens is 1330 g/mol. The van der Waals surface area contributed by atoms with Crippen molar-refractivity contribution >= 4 is 39.5 Å². The molecule has 0 bridgehead atoms. The standard InChI is InChI=1S/C83H162O17P2/c1-6-9-12-15-18-21-24-26-27-28-29-30-31-32-35-40-44-49-54-59-64-69-83(88)100-79(73-94-81(86)67-62-57-52-47-42-39-36-33-34-38-41-45-50-55-60-65-76(4)5)75-98-102(91,92)96-71-77(84)70-95-101(89,90)97-74-78(72-93-80(85)66-61-56-51-46-23-20-17-14-11-8-3)99-82(87)68-63-58-53-48-43-37-25-22-19-16-13-10-7-2/h76-79,84H,6-75H2,1-5H3,(H,89,90)(H,91,92)/t77-,78+,79+/m0/s1. The molecule has 102 heavy (non-hydrogen) atoms. The lowest BCUT2D eigenvalue weighted by Gasteiger charge is -2.21. The number of ether oxygens (including phenoxy) is 4. The quantitative estimate of drug-likeness (QED) is 0.0222. The number of aliphatic hydroxyl groups is 1. The highest BCUT2D eigenvalue weighted by Gasteiger charge is 2.30. The maximum absolute atomic E-state index is 13.1. The van der Waals surface area contributed by atoms with Crippen LogP contribution in [-0.2, 0) is 65.4 Å². The molecule has 5 atom stereocenters. The van der Waals surface area contributed by atoms with E-state index in [1.807, 2.05) is 0 Å². The summed E-state index contributed by atoms with van der Waals surface area (Å²) in [5.41, 5.74) is 0. The molecule has 0 radical (unpaired) electrons. The van der Waals surface area contributed by atoms with Crippen molar-refractivity contribution in [3.63, 3.8) is 0 Å². The third-order valence-corrected chi connectivity index (χ3v) is 21.4. The van der Waals surface area contributed by atoms with Crippen LogP contribution in [0.2, 0.25) is 0 Å². The van der Waals surface area contributed by atoms with Crippen molar-refractivity contribution in [3.05, 3.63) is 0 Å². The maximum Gasteiger partial charge on any atom is 0.472 e. The van der Waals surface area contributed by atoms with Gasteiger partial charge in [0.2, 0.25) is 0 Å². The van der Waals surface area contributed by atoms with E-state index in [0.717, 1.165) is 95.8 Å². The number of rotatable bonds is 83. The van der Waals surface area contributed by atoms with Crippen molar-refractivity contribution in [2.45, 2.75) is 464 Å². The molecule has 606 valence electrons. The number of phosphoric acid groups is 2. The predicted octanol–water partition coefficient (Wildman–Crippen LogP) is 25.2. The molecule has 0 aliphatic heterocycles. The van der Waals surface area contributed by atoms with Crippen molar-refractivity contribution in [3.8, 4) is 0 Å². The molecule has 0 aromatic heterocycles. The first-order chi connectivity index (χ1) is 49.5. The van der Waals surface area contributed by atoms with Crippen LogP contribution in [0.3, 0.4) is 0 Å². The Kier molecular flexibility index (Phi) is 74.4. The van der Waals surface area contributed by atoms with Crippen molar-refractivity contribution in [2.75, 3.05) is 39.6 Å². The molecule has 0 aromatic rings. The average molecular weight is 1490 g/mol. The number of hydrogen-bond acceptors (Lipinski definition) is 15. The third-order valence-electron chi connectivity index (χ3n) is 19.5. The van der Waals surface area contributed by atoms with E-state index in [1.54, 1.807) is 0 Å². The minimum atomic E-state index is -4.96. The van der Waals surface area contributed by atoms with E-state index in [9.17, 15) is 43.2 Å². The summed E-state index contributed by atoms with van der Waals surface area (Å²) in [6, 6.07) is 0. The Morgan fingerprint density at radius 2 is 0.451 bits per heavy atom. The first-order valence-corrected chi connectivity index (χ1v) is 46.1. The molecular formula is C83H162O17P2. The number of carbonyl (C=O) groups excluding carboxylic acids is 4. The highest BCUT2D eigenvalue weighted by atomic mass is 31.2. The van der Waals surface area contributed by atoms with E-state index in [0.29, 0.717) is 25.7 Å². The lowest BCUT2D eigenvalue weighted by molar-refractivity contribution is -0.161. The van der Waals surface area contributed by atoms with E-state index in [2.05, 4.69) is 34.6 Å².